The molecular weight excluding hydrogens is 220 g/mol. The maximum Gasteiger partial charge on any atom is 0.159 e. The molecule has 1 nitrogen and oxygen atoms in total. The van der Waals surface area contributed by atoms with E-state index in [1.807, 2.05) is 0 Å². The number of hydrogen-bond acceptors (Lipinski definition) is 1. The van der Waals surface area contributed by atoms with Crippen molar-refractivity contribution in [1.29, 1.82) is 0 Å². The van der Waals surface area contributed by atoms with Gasteiger partial charge < -0.3 is 5.73 Å². The number of hydrogen-bond donors (Lipinski definition) is 1. The van der Waals surface area contributed by atoms with Crippen LogP contribution in [0.1, 0.15) is 50.1 Å². The predicted molar refractivity (Wildman–Crippen MR) is 64.5 cm³/mol. The fourth-order valence-electron chi connectivity index (χ4n) is 2.66. The van der Waals surface area contributed by atoms with E-state index in [4.69, 9.17) is 5.73 Å². The zero-order valence-electron chi connectivity index (χ0n) is 9.96. The lowest BCUT2D eigenvalue weighted by atomic mass is 9.83. The molecule has 94 valence electrons. The van der Waals surface area contributed by atoms with E-state index in [-0.39, 0.29) is 6.04 Å². The average Bonchev–Trinajstić information content (AvgIpc) is 2.34. The van der Waals surface area contributed by atoms with Crippen LogP contribution in [0.5, 0.6) is 0 Å². The van der Waals surface area contributed by atoms with Crippen LogP contribution in [-0.4, -0.2) is 0 Å². The molecule has 1 aliphatic rings. The largest absolute Gasteiger partial charge is 0.324 e. The first kappa shape index (κ1) is 12.5. The summed E-state index contributed by atoms with van der Waals surface area (Å²) in [6, 6.07) is 3.80. The standard InChI is InChI=1S/C14H19F2N/c15-12-7-6-11(9-13(12)16)14(17)8-10-4-2-1-3-5-10/h6-7,9-10,14H,1-5,8,17H2. The molecule has 1 saturated carbocycles. The van der Waals surface area contributed by atoms with Crippen molar-refractivity contribution in [2.45, 2.75) is 44.6 Å². The third kappa shape index (κ3) is 3.25. The molecule has 0 aromatic heterocycles. The minimum atomic E-state index is -0.807. The Hall–Kier alpha value is -0.960. The Balaban J connectivity index is 1.98. The number of nitrogens with two attached hydrogens (primary N) is 1. The summed E-state index contributed by atoms with van der Waals surface area (Å²) in [5.74, 6) is -0.966. The minimum Gasteiger partial charge on any atom is -0.324 e. The first-order valence-corrected chi connectivity index (χ1v) is 6.37. The smallest absolute Gasteiger partial charge is 0.159 e. The topological polar surface area (TPSA) is 26.0 Å². The van der Waals surface area contributed by atoms with Gasteiger partial charge >= 0.3 is 0 Å². The summed E-state index contributed by atoms with van der Waals surface area (Å²) in [5.41, 5.74) is 6.76. The van der Waals surface area contributed by atoms with Crippen LogP contribution in [0.15, 0.2) is 18.2 Å². The van der Waals surface area contributed by atoms with Crippen molar-refractivity contribution in [1.82, 2.24) is 0 Å². The van der Waals surface area contributed by atoms with E-state index < -0.39 is 11.6 Å². The molecule has 2 N–H and O–H groups in total. The second-order valence-electron chi connectivity index (χ2n) is 5.02. The van der Waals surface area contributed by atoms with E-state index in [0.29, 0.717) is 11.5 Å². The summed E-state index contributed by atoms with van der Waals surface area (Å²) in [6.07, 6.45) is 7.18. The van der Waals surface area contributed by atoms with Crippen LogP contribution >= 0.6 is 0 Å². The highest BCUT2D eigenvalue weighted by Crippen LogP contribution is 2.31. The Bertz CT molecular complexity index is 372. The van der Waals surface area contributed by atoms with Crippen molar-refractivity contribution in [3.8, 4) is 0 Å². The molecule has 1 aromatic carbocycles. The van der Waals surface area contributed by atoms with Gasteiger partial charge in [0.1, 0.15) is 0 Å². The van der Waals surface area contributed by atoms with Gasteiger partial charge in [0.05, 0.1) is 0 Å². The van der Waals surface area contributed by atoms with Crippen LogP contribution in [0, 0.1) is 17.6 Å². The van der Waals surface area contributed by atoms with Gasteiger partial charge in [-0.1, -0.05) is 38.2 Å². The second kappa shape index (κ2) is 5.58. The van der Waals surface area contributed by atoms with E-state index >= 15 is 0 Å². The molecular formula is C14H19F2N. The zero-order valence-corrected chi connectivity index (χ0v) is 9.96. The van der Waals surface area contributed by atoms with E-state index in [1.54, 1.807) is 6.07 Å². The minimum absolute atomic E-state index is 0.173. The average molecular weight is 239 g/mol. The van der Waals surface area contributed by atoms with Crippen molar-refractivity contribution in [3.63, 3.8) is 0 Å². The summed E-state index contributed by atoms with van der Waals surface area (Å²) in [4.78, 5) is 0. The molecule has 1 fully saturated rings. The van der Waals surface area contributed by atoms with E-state index in [1.165, 1.54) is 38.2 Å². The van der Waals surface area contributed by atoms with Gasteiger partial charge in [-0.2, -0.15) is 0 Å². The third-order valence-corrected chi connectivity index (χ3v) is 3.68. The van der Waals surface area contributed by atoms with Crippen LogP contribution < -0.4 is 5.73 Å². The Morgan fingerprint density at radius 3 is 2.47 bits per heavy atom. The lowest BCUT2D eigenvalue weighted by molar-refractivity contribution is 0.319. The molecule has 17 heavy (non-hydrogen) atoms. The van der Waals surface area contributed by atoms with Crippen LogP contribution in [0.2, 0.25) is 0 Å². The molecule has 3 heteroatoms. The van der Waals surface area contributed by atoms with E-state index in [9.17, 15) is 8.78 Å². The number of benzene rings is 1. The van der Waals surface area contributed by atoms with Crippen LogP contribution in [-0.2, 0) is 0 Å². The molecule has 1 aromatic rings. The maximum atomic E-state index is 13.1. The fourth-order valence-corrected chi connectivity index (χ4v) is 2.66. The van der Waals surface area contributed by atoms with Crippen LogP contribution in [0.25, 0.3) is 0 Å². The molecule has 0 bridgehead atoms. The van der Waals surface area contributed by atoms with Crippen molar-refractivity contribution in [2.75, 3.05) is 0 Å². The lowest BCUT2D eigenvalue weighted by Crippen LogP contribution is -2.17. The highest BCUT2D eigenvalue weighted by atomic mass is 19.2. The molecule has 1 aliphatic carbocycles. The molecule has 1 unspecified atom stereocenters. The Kier molecular flexibility index (Phi) is 4.11. The Labute approximate surface area is 101 Å². The third-order valence-electron chi connectivity index (χ3n) is 3.68. The van der Waals surface area contributed by atoms with Crippen molar-refractivity contribution in [2.24, 2.45) is 11.7 Å². The summed E-state index contributed by atoms with van der Waals surface area (Å²) < 4.78 is 25.9. The second-order valence-corrected chi connectivity index (χ2v) is 5.02. The lowest BCUT2D eigenvalue weighted by Gasteiger charge is -2.24. The number of rotatable bonds is 3. The molecule has 0 saturated heterocycles. The summed E-state index contributed by atoms with van der Waals surface area (Å²) >= 11 is 0. The van der Waals surface area contributed by atoms with Gasteiger partial charge in [-0.15, -0.1) is 0 Å². The maximum absolute atomic E-state index is 13.1. The normalized spacial score (nSPS) is 19.2. The highest BCUT2D eigenvalue weighted by Gasteiger charge is 2.18. The molecule has 0 spiro atoms. The van der Waals surface area contributed by atoms with E-state index in [2.05, 4.69) is 0 Å². The van der Waals surface area contributed by atoms with Crippen molar-refractivity contribution >= 4 is 0 Å². The Morgan fingerprint density at radius 1 is 1.12 bits per heavy atom. The molecule has 1 atom stereocenters. The molecule has 0 amide bonds. The molecule has 0 heterocycles. The van der Waals surface area contributed by atoms with Crippen LogP contribution in [0.4, 0.5) is 8.78 Å². The van der Waals surface area contributed by atoms with Gasteiger partial charge in [-0.05, 0) is 30.0 Å². The van der Waals surface area contributed by atoms with Gasteiger partial charge in [-0.25, -0.2) is 8.78 Å². The van der Waals surface area contributed by atoms with Crippen molar-refractivity contribution in [3.05, 3.63) is 35.4 Å². The fraction of sp³-hybridized carbons (Fsp3) is 0.571. The van der Waals surface area contributed by atoms with Gasteiger partial charge in [0.25, 0.3) is 0 Å². The predicted octanol–water partition coefficient (Wildman–Crippen LogP) is 3.94. The Morgan fingerprint density at radius 2 is 1.82 bits per heavy atom. The van der Waals surface area contributed by atoms with Gasteiger partial charge in [-0.3, -0.25) is 0 Å². The quantitative estimate of drug-likeness (QED) is 0.849. The summed E-state index contributed by atoms with van der Waals surface area (Å²) in [5, 5.41) is 0. The molecule has 0 radical (unpaired) electrons. The first-order chi connectivity index (χ1) is 8.16. The summed E-state index contributed by atoms with van der Waals surface area (Å²) in [7, 11) is 0. The zero-order chi connectivity index (χ0) is 12.3. The monoisotopic (exact) mass is 239 g/mol. The number of halogens is 2. The van der Waals surface area contributed by atoms with E-state index in [0.717, 1.165) is 12.5 Å². The highest BCUT2D eigenvalue weighted by molar-refractivity contribution is 5.21. The SMILES string of the molecule is NC(CC1CCCCC1)c1ccc(F)c(F)c1. The van der Waals surface area contributed by atoms with Crippen molar-refractivity contribution < 1.29 is 8.78 Å². The van der Waals surface area contributed by atoms with Gasteiger partial charge in [0, 0.05) is 6.04 Å². The van der Waals surface area contributed by atoms with Gasteiger partial charge in [0.2, 0.25) is 0 Å². The molecule has 2 rings (SSSR count). The first-order valence-electron chi connectivity index (χ1n) is 6.37. The molecule has 0 aliphatic heterocycles. The van der Waals surface area contributed by atoms with Gasteiger partial charge in [0.15, 0.2) is 11.6 Å². The van der Waals surface area contributed by atoms with Crippen LogP contribution in [0.3, 0.4) is 0 Å². The summed E-state index contributed by atoms with van der Waals surface area (Å²) in [6.45, 7) is 0.